The van der Waals surface area contributed by atoms with E-state index in [-0.39, 0.29) is 0 Å². The summed E-state index contributed by atoms with van der Waals surface area (Å²) in [6.45, 7) is 3.14. The van der Waals surface area contributed by atoms with Gasteiger partial charge in [0.25, 0.3) is 0 Å². The average molecular weight is 370 g/mol. The van der Waals surface area contributed by atoms with Crippen molar-refractivity contribution in [2.45, 2.75) is 20.0 Å². The molecular formula is C19H20ClN5O. The monoisotopic (exact) mass is 369 g/mol. The van der Waals surface area contributed by atoms with Gasteiger partial charge in [0.15, 0.2) is 5.96 Å². The van der Waals surface area contributed by atoms with Crippen LogP contribution in [0.3, 0.4) is 0 Å². The van der Waals surface area contributed by atoms with Crippen LogP contribution in [-0.4, -0.2) is 23.1 Å². The topological polar surface area (TPSA) is 75.3 Å². The Balaban J connectivity index is 1.55. The van der Waals surface area contributed by atoms with Crippen LogP contribution in [0.4, 0.5) is 0 Å². The minimum atomic E-state index is 0.383. The molecule has 6 nitrogen and oxygen atoms in total. The zero-order valence-electron chi connectivity index (χ0n) is 14.7. The lowest BCUT2D eigenvalue weighted by atomic mass is 10.1. The predicted octanol–water partition coefficient (Wildman–Crippen LogP) is 3.56. The third-order valence-corrected chi connectivity index (χ3v) is 4.00. The van der Waals surface area contributed by atoms with Gasteiger partial charge in [-0.25, -0.2) is 0 Å². The fraction of sp³-hybridized carbons (Fsp3) is 0.211. The number of nitrogens with zero attached hydrogens (tertiary/aromatic N) is 3. The SMILES string of the molecule is CN=C(NCc1cccc(C)c1)NCc1nc(-c2ccc(Cl)cc2)no1. The molecule has 0 bridgehead atoms. The van der Waals surface area contributed by atoms with Crippen LogP contribution < -0.4 is 10.6 Å². The molecule has 3 aromatic rings. The first-order chi connectivity index (χ1) is 12.6. The molecule has 0 aliphatic heterocycles. The molecule has 26 heavy (non-hydrogen) atoms. The van der Waals surface area contributed by atoms with Crippen LogP contribution in [0.5, 0.6) is 0 Å². The maximum Gasteiger partial charge on any atom is 0.246 e. The summed E-state index contributed by atoms with van der Waals surface area (Å²) in [6, 6.07) is 15.6. The molecule has 0 fully saturated rings. The molecule has 134 valence electrons. The van der Waals surface area contributed by atoms with Gasteiger partial charge in [-0.05, 0) is 36.8 Å². The maximum atomic E-state index is 5.89. The molecule has 1 aromatic heterocycles. The summed E-state index contributed by atoms with van der Waals surface area (Å²) < 4.78 is 5.28. The van der Waals surface area contributed by atoms with Crippen molar-refractivity contribution < 1.29 is 4.52 Å². The normalized spacial score (nSPS) is 11.4. The molecule has 0 unspecified atom stereocenters. The standard InChI is InChI=1S/C19H20ClN5O/c1-13-4-3-5-14(10-13)11-22-19(21-2)23-12-17-24-18(25-26-17)15-6-8-16(20)9-7-15/h3-10H,11-12H2,1-2H3,(H2,21,22,23). The smallest absolute Gasteiger partial charge is 0.246 e. The van der Waals surface area contributed by atoms with E-state index in [1.807, 2.05) is 18.2 Å². The predicted molar refractivity (Wildman–Crippen MR) is 103 cm³/mol. The highest BCUT2D eigenvalue weighted by molar-refractivity contribution is 6.30. The van der Waals surface area contributed by atoms with Crippen LogP contribution in [0.1, 0.15) is 17.0 Å². The van der Waals surface area contributed by atoms with E-state index in [4.69, 9.17) is 16.1 Å². The summed E-state index contributed by atoms with van der Waals surface area (Å²) in [7, 11) is 1.72. The van der Waals surface area contributed by atoms with E-state index in [1.165, 1.54) is 11.1 Å². The average Bonchev–Trinajstić information content (AvgIpc) is 3.11. The number of aromatic nitrogens is 2. The highest BCUT2D eigenvalue weighted by Crippen LogP contribution is 2.18. The van der Waals surface area contributed by atoms with Gasteiger partial charge >= 0.3 is 0 Å². The van der Waals surface area contributed by atoms with E-state index in [1.54, 1.807) is 19.2 Å². The number of hydrogen-bond donors (Lipinski definition) is 2. The number of rotatable bonds is 5. The Morgan fingerprint density at radius 3 is 2.62 bits per heavy atom. The van der Waals surface area contributed by atoms with Gasteiger partial charge in [-0.15, -0.1) is 0 Å². The van der Waals surface area contributed by atoms with Crippen molar-refractivity contribution in [1.82, 2.24) is 20.8 Å². The van der Waals surface area contributed by atoms with Gasteiger partial charge < -0.3 is 15.2 Å². The molecule has 0 aliphatic rings. The minimum absolute atomic E-state index is 0.383. The second kappa shape index (κ2) is 8.49. The Bertz CT molecular complexity index is 889. The van der Waals surface area contributed by atoms with Crippen molar-refractivity contribution in [3.8, 4) is 11.4 Å². The maximum absolute atomic E-state index is 5.89. The van der Waals surface area contributed by atoms with Crippen LogP contribution in [0.15, 0.2) is 58.0 Å². The van der Waals surface area contributed by atoms with E-state index in [0.717, 1.165) is 5.56 Å². The first-order valence-corrected chi connectivity index (χ1v) is 8.60. The van der Waals surface area contributed by atoms with Crippen LogP contribution in [0.2, 0.25) is 5.02 Å². The highest BCUT2D eigenvalue weighted by Gasteiger charge is 2.09. The van der Waals surface area contributed by atoms with Crippen LogP contribution >= 0.6 is 11.6 Å². The molecule has 0 radical (unpaired) electrons. The molecule has 2 aromatic carbocycles. The summed E-state index contributed by atoms with van der Waals surface area (Å²) in [6.07, 6.45) is 0. The van der Waals surface area contributed by atoms with E-state index in [2.05, 4.69) is 50.9 Å². The zero-order chi connectivity index (χ0) is 18.4. The molecule has 2 N–H and O–H groups in total. The summed E-state index contributed by atoms with van der Waals surface area (Å²) >= 11 is 5.89. The summed E-state index contributed by atoms with van der Waals surface area (Å²) in [5, 5.41) is 11.1. The first kappa shape index (κ1) is 17.9. The van der Waals surface area contributed by atoms with Gasteiger partial charge in [0, 0.05) is 24.2 Å². The molecular weight excluding hydrogens is 350 g/mol. The second-order valence-electron chi connectivity index (χ2n) is 5.79. The number of aryl methyl sites for hydroxylation is 1. The molecule has 0 aliphatic carbocycles. The number of hydrogen-bond acceptors (Lipinski definition) is 4. The molecule has 0 amide bonds. The molecule has 0 atom stereocenters. The van der Waals surface area contributed by atoms with Crippen LogP contribution in [0, 0.1) is 6.92 Å². The van der Waals surface area contributed by atoms with Crippen molar-refractivity contribution in [3.05, 3.63) is 70.6 Å². The third-order valence-electron chi connectivity index (χ3n) is 3.74. The van der Waals surface area contributed by atoms with E-state index in [9.17, 15) is 0 Å². The molecule has 0 saturated heterocycles. The van der Waals surface area contributed by atoms with Crippen molar-refractivity contribution in [1.29, 1.82) is 0 Å². The quantitative estimate of drug-likeness (QED) is 0.531. The molecule has 3 rings (SSSR count). The number of aliphatic imine (C=N–C) groups is 1. The van der Waals surface area contributed by atoms with Gasteiger partial charge in [-0.3, -0.25) is 4.99 Å². The molecule has 0 spiro atoms. The molecule has 1 heterocycles. The van der Waals surface area contributed by atoms with Gasteiger partial charge in [0.1, 0.15) is 0 Å². The Labute approximate surface area is 157 Å². The Morgan fingerprint density at radius 1 is 1.12 bits per heavy atom. The third kappa shape index (κ3) is 4.83. The largest absolute Gasteiger partial charge is 0.352 e. The van der Waals surface area contributed by atoms with Crippen molar-refractivity contribution >= 4 is 17.6 Å². The fourth-order valence-electron chi connectivity index (χ4n) is 2.43. The zero-order valence-corrected chi connectivity index (χ0v) is 15.4. The van der Waals surface area contributed by atoms with Crippen LogP contribution in [0.25, 0.3) is 11.4 Å². The molecule has 7 heteroatoms. The van der Waals surface area contributed by atoms with Crippen molar-refractivity contribution in [2.75, 3.05) is 7.05 Å². The Hall–Kier alpha value is -2.86. The second-order valence-corrected chi connectivity index (χ2v) is 6.22. The van der Waals surface area contributed by atoms with Crippen molar-refractivity contribution in [2.24, 2.45) is 4.99 Å². The lowest BCUT2D eigenvalue weighted by Gasteiger charge is -2.10. The van der Waals surface area contributed by atoms with E-state index in [0.29, 0.717) is 35.8 Å². The van der Waals surface area contributed by atoms with Gasteiger partial charge in [0.2, 0.25) is 11.7 Å². The number of guanidine groups is 1. The fourth-order valence-corrected chi connectivity index (χ4v) is 2.56. The summed E-state index contributed by atoms with van der Waals surface area (Å²) in [4.78, 5) is 8.59. The Morgan fingerprint density at radius 2 is 1.88 bits per heavy atom. The summed E-state index contributed by atoms with van der Waals surface area (Å²) in [5.41, 5.74) is 3.27. The first-order valence-electron chi connectivity index (χ1n) is 8.22. The van der Waals surface area contributed by atoms with Gasteiger partial charge in [-0.2, -0.15) is 4.98 Å². The van der Waals surface area contributed by atoms with Crippen molar-refractivity contribution in [3.63, 3.8) is 0 Å². The van der Waals surface area contributed by atoms with Gasteiger partial charge in [-0.1, -0.05) is 46.6 Å². The number of halogens is 1. The molecule has 0 saturated carbocycles. The van der Waals surface area contributed by atoms with Gasteiger partial charge in [0.05, 0.1) is 6.54 Å². The Kier molecular flexibility index (Phi) is 5.86. The van der Waals surface area contributed by atoms with E-state index < -0.39 is 0 Å². The lowest BCUT2D eigenvalue weighted by molar-refractivity contribution is 0.375. The van der Waals surface area contributed by atoms with E-state index >= 15 is 0 Å². The lowest BCUT2D eigenvalue weighted by Crippen LogP contribution is -2.36. The highest BCUT2D eigenvalue weighted by atomic mass is 35.5. The number of nitrogens with one attached hydrogen (secondary N) is 2. The number of benzene rings is 2. The van der Waals surface area contributed by atoms with Crippen LogP contribution in [-0.2, 0) is 13.1 Å². The summed E-state index contributed by atoms with van der Waals surface area (Å²) in [5.74, 6) is 1.67. The minimum Gasteiger partial charge on any atom is -0.352 e.